The van der Waals surface area contributed by atoms with Gasteiger partial charge < -0.3 is 19.6 Å². The number of pyridine rings is 1. The molecule has 0 radical (unpaired) electrons. The highest BCUT2D eigenvalue weighted by molar-refractivity contribution is 7.91. The molecule has 0 atom stereocenters. The number of thiazole rings is 1. The van der Waals surface area contributed by atoms with Crippen molar-refractivity contribution in [2.75, 3.05) is 17.7 Å². The third kappa shape index (κ3) is 4.29. The van der Waals surface area contributed by atoms with Crippen molar-refractivity contribution in [1.29, 1.82) is 0 Å². The van der Waals surface area contributed by atoms with E-state index >= 15 is 0 Å². The zero-order valence-corrected chi connectivity index (χ0v) is 21.4. The topological polar surface area (TPSA) is 157 Å². The molecule has 186 valence electrons. The van der Waals surface area contributed by atoms with E-state index in [2.05, 4.69) is 35.3 Å². The molecule has 5 aromatic rings. The lowest BCUT2D eigenvalue weighted by Crippen LogP contribution is -2.23. The molecule has 4 heterocycles. The van der Waals surface area contributed by atoms with Gasteiger partial charge in [-0.1, -0.05) is 23.5 Å². The smallest absolute Gasteiger partial charge is 0.252 e. The highest BCUT2D eigenvalue weighted by Crippen LogP contribution is 2.32. The van der Waals surface area contributed by atoms with Crippen molar-refractivity contribution in [1.82, 2.24) is 29.2 Å². The van der Waals surface area contributed by atoms with Crippen LogP contribution in [0.15, 0.2) is 39.2 Å². The third-order valence-electron chi connectivity index (χ3n) is 5.37. The number of anilines is 2. The van der Waals surface area contributed by atoms with E-state index in [1.807, 2.05) is 17.7 Å². The largest absolute Gasteiger partial charge is 0.418 e. The number of imidazole rings is 1. The van der Waals surface area contributed by atoms with Crippen LogP contribution >= 0.6 is 11.3 Å². The molecule has 5 rings (SSSR count). The Morgan fingerprint density at radius 3 is 2.75 bits per heavy atom. The standard InChI is InChI=1S/C22H22N8O4S2/c1-11-21(35-22(26-11)27-12(2)31)36(32,33)25-9-13-6-5-7-14(8-13)19-28-16-17-15(24-10-30(17)4)18(23-3)29-20(16)34-19/h5-8,10,25H,9H2,1-4H3,(H,23,29)(H,26,27,31). The van der Waals surface area contributed by atoms with Gasteiger partial charge >= 0.3 is 0 Å². The predicted octanol–water partition coefficient (Wildman–Crippen LogP) is 3.02. The van der Waals surface area contributed by atoms with Crippen molar-refractivity contribution in [2.24, 2.45) is 7.05 Å². The summed E-state index contributed by atoms with van der Waals surface area (Å²) in [6, 6.07) is 7.23. The average Bonchev–Trinajstić information content (AvgIpc) is 3.53. The van der Waals surface area contributed by atoms with Crippen LogP contribution in [0.3, 0.4) is 0 Å². The molecule has 12 nitrogen and oxygen atoms in total. The molecule has 14 heteroatoms. The van der Waals surface area contributed by atoms with Gasteiger partial charge in [0, 0.05) is 33.1 Å². The molecular weight excluding hydrogens is 504 g/mol. The molecule has 0 fully saturated rings. The van der Waals surface area contributed by atoms with Gasteiger partial charge in [-0.3, -0.25) is 4.79 Å². The van der Waals surface area contributed by atoms with Crippen molar-refractivity contribution in [3.63, 3.8) is 0 Å². The van der Waals surface area contributed by atoms with Gasteiger partial charge in [-0.15, -0.1) is 0 Å². The van der Waals surface area contributed by atoms with Gasteiger partial charge in [-0.2, -0.15) is 4.98 Å². The van der Waals surface area contributed by atoms with Crippen LogP contribution in [0.1, 0.15) is 18.2 Å². The minimum Gasteiger partial charge on any atom is -0.418 e. The molecule has 0 aliphatic carbocycles. The summed E-state index contributed by atoms with van der Waals surface area (Å²) < 4.78 is 36.2. The van der Waals surface area contributed by atoms with Crippen LogP contribution in [0.4, 0.5) is 10.9 Å². The van der Waals surface area contributed by atoms with E-state index in [4.69, 9.17) is 4.42 Å². The molecule has 0 aliphatic heterocycles. The van der Waals surface area contributed by atoms with Crippen LogP contribution in [0.2, 0.25) is 0 Å². The van der Waals surface area contributed by atoms with E-state index in [9.17, 15) is 13.2 Å². The number of amides is 1. The maximum absolute atomic E-state index is 12.9. The quantitative estimate of drug-likeness (QED) is 0.290. The fourth-order valence-electron chi connectivity index (χ4n) is 3.77. The van der Waals surface area contributed by atoms with Crippen molar-refractivity contribution in [3.05, 3.63) is 41.9 Å². The lowest BCUT2D eigenvalue weighted by Gasteiger charge is -2.06. The normalized spacial score (nSPS) is 11.9. The summed E-state index contributed by atoms with van der Waals surface area (Å²) >= 11 is 0.900. The summed E-state index contributed by atoms with van der Waals surface area (Å²) in [6.45, 7) is 2.95. The first-order valence-corrected chi connectivity index (χ1v) is 13.1. The Morgan fingerprint density at radius 2 is 2.00 bits per heavy atom. The number of nitrogens with zero attached hydrogens (tertiary/aromatic N) is 5. The molecule has 0 saturated heterocycles. The van der Waals surface area contributed by atoms with Gasteiger partial charge in [0.05, 0.1) is 12.0 Å². The number of carbonyl (C=O) groups excluding carboxylic acids is 1. The Bertz CT molecular complexity index is 1740. The first-order valence-electron chi connectivity index (χ1n) is 10.8. The summed E-state index contributed by atoms with van der Waals surface area (Å²) in [6.07, 6.45) is 1.69. The number of oxazole rings is 1. The monoisotopic (exact) mass is 526 g/mol. The maximum Gasteiger partial charge on any atom is 0.252 e. The van der Waals surface area contributed by atoms with Crippen LogP contribution in [-0.4, -0.2) is 45.9 Å². The molecule has 0 saturated carbocycles. The van der Waals surface area contributed by atoms with E-state index in [1.165, 1.54) is 6.92 Å². The van der Waals surface area contributed by atoms with Crippen molar-refractivity contribution in [2.45, 2.75) is 24.6 Å². The number of benzene rings is 1. The summed E-state index contributed by atoms with van der Waals surface area (Å²) in [5.74, 6) is 0.623. The van der Waals surface area contributed by atoms with Crippen LogP contribution in [0, 0.1) is 6.92 Å². The Kier molecular flexibility index (Phi) is 5.94. The van der Waals surface area contributed by atoms with E-state index in [1.54, 1.807) is 38.5 Å². The first-order chi connectivity index (χ1) is 17.2. The van der Waals surface area contributed by atoms with Crippen molar-refractivity contribution >= 4 is 60.5 Å². The fraction of sp³-hybridized carbons (Fsp3) is 0.227. The summed E-state index contributed by atoms with van der Waals surface area (Å²) in [5, 5.41) is 5.77. The molecular formula is C22H22N8O4S2. The lowest BCUT2D eigenvalue weighted by molar-refractivity contribution is -0.114. The Balaban J connectivity index is 1.42. The Morgan fingerprint density at radius 1 is 1.19 bits per heavy atom. The van der Waals surface area contributed by atoms with Crippen LogP contribution in [-0.2, 0) is 28.4 Å². The number of hydrogen-bond acceptors (Lipinski definition) is 10. The number of hydrogen-bond donors (Lipinski definition) is 3. The number of fused-ring (bicyclic) bond motifs is 3. The number of aryl methyl sites for hydroxylation is 2. The SMILES string of the molecule is CNc1nc2oc(-c3cccc(CNS(=O)(=O)c4sc(NC(C)=O)nc4C)c3)nc2c2c1ncn2C. The highest BCUT2D eigenvalue weighted by Gasteiger charge is 2.23. The van der Waals surface area contributed by atoms with Crippen molar-refractivity contribution in [3.8, 4) is 11.5 Å². The number of nitrogens with one attached hydrogen (secondary N) is 3. The summed E-state index contributed by atoms with van der Waals surface area (Å²) in [5.41, 5.74) is 4.13. The molecule has 36 heavy (non-hydrogen) atoms. The minimum atomic E-state index is -3.84. The number of rotatable bonds is 7. The predicted molar refractivity (Wildman–Crippen MR) is 136 cm³/mol. The Labute approximate surface area is 209 Å². The molecule has 0 bridgehead atoms. The Hall–Kier alpha value is -3.88. The van der Waals surface area contributed by atoms with Gasteiger partial charge in [-0.25, -0.2) is 28.1 Å². The lowest BCUT2D eigenvalue weighted by atomic mass is 10.1. The van der Waals surface area contributed by atoms with E-state index in [0.29, 0.717) is 45.3 Å². The van der Waals surface area contributed by atoms with E-state index < -0.39 is 10.0 Å². The second kappa shape index (κ2) is 8.96. The maximum atomic E-state index is 12.9. The van der Waals surface area contributed by atoms with Crippen molar-refractivity contribution < 1.29 is 17.6 Å². The fourth-order valence-corrected chi connectivity index (χ4v) is 6.29. The molecule has 0 aliphatic rings. The number of sulfonamides is 1. The molecule has 4 aromatic heterocycles. The number of carbonyl (C=O) groups is 1. The zero-order chi connectivity index (χ0) is 25.6. The van der Waals surface area contributed by atoms with Gasteiger partial charge in [-0.05, 0) is 24.6 Å². The second-order valence-electron chi connectivity index (χ2n) is 8.03. The first kappa shape index (κ1) is 23.8. The number of aromatic nitrogens is 5. The molecule has 1 aromatic carbocycles. The zero-order valence-electron chi connectivity index (χ0n) is 19.8. The molecule has 1 amide bonds. The van der Waals surface area contributed by atoms with E-state index in [0.717, 1.165) is 16.9 Å². The summed E-state index contributed by atoms with van der Waals surface area (Å²) in [4.78, 5) is 28.9. The average molecular weight is 527 g/mol. The van der Waals surface area contributed by atoms with E-state index in [-0.39, 0.29) is 21.8 Å². The van der Waals surface area contributed by atoms with Crippen LogP contribution in [0.25, 0.3) is 33.7 Å². The molecule has 3 N–H and O–H groups in total. The third-order valence-corrected chi connectivity index (χ3v) is 8.45. The molecule has 0 unspecified atom stereocenters. The second-order valence-corrected chi connectivity index (χ2v) is 11.0. The van der Waals surface area contributed by atoms with Crippen LogP contribution < -0.4 is 15.4 Å². The highest BCUT2D eigenvalue weighted by atomic mass is 32.2. The van der Waals surface area contributed by atoms with Gasteiger partial charge in [0.15, 0.2) is 20.7 Å². The molecule has 0 spiro atoms. The van der Waals surface area contributed by atoms with Gasteiger partial charge in [0.2, 0.25) is 11.8 Å². The van der Waals surface area contributed by atoms with Gasteiger partial charge in [0.25, 0.3) is 15.7 Å². The van der Waals surface area contributed by atoms with Crippen LogP contribution in [0.5, 0.6) is 0 Å². The summed E-state index contributed by atoms with van der Waals surface area (Å²) in [7, 11) is -0.207. The van der Waals surface area contributed by atoms with Gasteiger partial charge in [0.1, 0.15) is 11.0 Å². The minimum absolute atomic E-state index is 0.0390.